The van der Waals surface area contributed by atoms with Crippen molar-refractivity contribution in [2.45, 2.75) is 54.8 Å². The van der Waals surface area contributed by atoms with Crippen LogP contribution in [0.3, 0.4) is 0 Å². The fraction of sp³-hybridized carbons (Fsp3) is 0.545. The number of halogens is 3. The molecule has 1 saturated carbocycles. The normalized spacial score (nSPS) is 25.6. The maximum Gasteiger partial charge on any atom is 0.416 e. The average molecular weight is 483 g/mol. The van der Waals surface area contributed by atoms with Gasteiger partial charge in [0.15, 0.2) is 0 Å². The minimum atomic E-state index is -4.60. The molecule has 2 saturated heterocycles. The van der Waals surface area contributed by atoms with E-state index in [1.165, 1.54) is 10.4 Å². The molecule has 1 aromatic carbocycles. The van der Waals surface area contributed by atoms with Gasteiger partial charge in [0, 0.05) is 44.1 Å². The maximum atomic E-state index is 13.0. The summed E-state index contributed by atoms with van der Waals surface area (Å²) in [5, 5.41) is 0. The topological polar surface area (TPSA) is 75.6 Å². The van der Waals surface area contributed by atoms with E-state index >= 15 is 0 Å². The Morgan fingerprint density at radius 3 is 2.58 bits per heavy atom. The molecule has 0 radical (unpaired) electrons. The van der Waals surface area contributed by atoms with E-state index in [9.17, 15) is 21.6 Å². The average Bonchev–Trinajstić information content (AvgIpc) is 3.40. The number of nitrogens with zero attached hydrogens (tertiary/aromatic N) is 4. The van der Waals surface area contributed by atoms with Gasteiger partial charge in [-0.15, -0.1) is 0 Å². The van der Waals surface area contributed by atoms with Gasteiger partial charge in [-0.25, -0.2) is 13.4 Å². The van der Waals surface area contributed by atoms with Crippen LogP contribution in [0.25, 0.3) is 0 Å². The molecular formula is C22H25F3N4O3S. The first-order valence-electron chi connectivity index (χ1n) is 11.0. The van der Waals surface area contributed by atoms with E-state index in [2.05, 4.69) is 21.8 Å². The van der Waals surface area contributed by atoms with E-state index in [4.69, 9.17) is 4.74 Å². The number of piperazine rings is 1. The lowest BCUT2D eigenvalue weighted by Crippen LogP contribution is -2.51. The van der Waals surface area contributed by atoms with E-state index in [0.717, 1.165) is 30.7 Å². The number of sulfonamides is 1. The van der Waals surface area contributed by atoms with Crippen LogP contribution in [-0.2, 0) is 21.6 Å². The second-order valence-electron chi connectivity index (χ2n) is 9.31. The summed E-state index contributed by atoms with van der Waals surface area (Å²) in [7, 11) is -4.03. The predicted molar refractivity (Wildman–Crippen MR) is 113 cm³/mol. The SMILES string of the molecule is CC1(c2cnc(O[C@H]3C[C@H]4CN(S(=O)(=O)c5cccc(C(F)(F)F)c5)CCN4C3)cn2)CC1. The number of fused-ring (bicyclic) bond motifs is 1. The van der Waals surface area contributed by atoms with Crippen molar-refractivity contribution < 1.29 is 26.3 Å². The van der Waals surface area contributed by atoms with Crippen LogP contribution in [0.2, 0.25) is 0 Å². The first kappa shape index (κ1) is 22.5. The zero-order chi connectivity index (χ0) is 23.4. The Morgan fingerprint density at radius 2 is 1.91 bits per heavy atom. The standard InChI is InChI=1S/C22H25F3N4O3S/c1-21(5-6-21)19-11-27-20(12-26-19)32-17-10-16-13-29(8-7-28(16)14-17)33(30,31)18-4-2-3-15(9-18)22(23,24)25/h2-4,9,11-12,16-17H,5-8,10,13-14H2,1H3/t16-,17-/m0/s1. The quantitative estimate of drug-likeness (QED) is 0.652. The van der Waals surface area contributed by atoms with Gasteiger partial charge < -0.3 is 4.74 Å². The Morgan fingerprint density at radius 1 is 1.12 bits per heavy atom. The molecule has 2 atom stereocenters. The van der Waals surface area contributed by atoms with Crippen LogP contribution in [0.1, 0.15) is 37.4 Å². The molecule has 2 aliphatic heterocycles. The summed E-state index contributed by atoms with van der Waals surface area (Å²) in [6.07, 6.45) is 1.48. The summed E-state index contributed by atoms with van der Waals surface area (Å²) in [4.78, 5) is 10.7. The highest BCUT2D eigenvalue weighted by atomic mass is 32.2. The van der Waals surface area contributed by atoms with E-state index in [-0.39, 0.29) is 35.5 Å². The number of hydrogen-bond donors (Lipinski definition) is 0. The van der Waals surface area contributed by atoms with Gasteiger partial charge in [-0.3, -0.25) is 9.88 Å². The molecule has 2 aromatic rings. The highest BCUT2D eigenvalue weighted by molar-refractivity contribution is 7.89. The van der Waals surface area contributed by atoms with Gasteiger partial charge in [0.05, 0.1) is 28.5 Å². The van der Waals surface area contributed by atoms with Crippen molar-refractivity contribution in [2.75, 3.05) is 26.2 Å². The summed E-state index contributed by atoms with van der Waals surface area (Å²) in [5.74, 6) is 0.446. The lowest BCUT2D eigenvalue weighted by atomic mass is 10.1. The molecule has 3 fully saturated rings. The van der Waals surface area contributed by atoms with E-state index in [1.807, 2.05) is 0 Å². The summed E-state index contributed by atoms with van der Waals surface area (Å²) < 4.78 is 72.5. The lowest BCUT2D eigenvalue weighted by molar-refractivity contribution is -0.137. The van der Waals surface area contributed by atoms with Crippen LogP contribution in [0.5, 0.6) is 5.88 Å². The van der Waals surface area contributed by atoms with Gasteiger partial charge in [-0.05, 0) is 31.0 Å². The maximum absolute atomic E-state index is 13.0. The Hall–Kier alpha value is -2.24. The third kappa shape index (κ3) is 4.45. The molecule has 5 rings (SSSR count). The fourth-order valence-corrected chi connectivity index (χ4v) is 6.07. The smallest absolute Gasteiger partial charge is 0.416 e. The zero-order valence-corrected chi connectivity index (χ0v) is 18.9. The highest BCUT2D eigenvalue weighted by Gasteiger charge is 2.42. The molecule has 7 nitrogen and oxygen atoms in total. The molecule has 1 aromatic heterocycles. The molecule has 0 N–H and O–H groups in total. The van der Waals surface area contributed by atoms with E-state index < -0.39 is 21.8 Å². The number of benzene rings is 1. The molecule has 178 valence electrons. The first-order valence-corrected chi connectivity index (χ1v) is 12.4. The predicted octanol–water partition coefficient (Wildman–Crippen LogP) is 3.07. The highest BCUT2D eigenvalue weighted by Crippen LogP contribution is 2.46. The van der Waals surface area contributed by atoms with Crippen molar-refractivity contribution in [1.29, 1.82) is 0 Å². The number of hydrogen-bond acceptors (Lipinski definition) is 6. The van der Waals surface area contributed by atoms with Crippen LogP contribution in [0.15, 0.2) is 41.6 Å². The molecule has 0 bridgehead atoms. The summed E-state index contributed by atoms with van der Waals surface area (Å²) >= 11 is 0. The number of ether oxygens (including phenoxy) is 1. The summed E-state index contributed by atoms with van der Waals surface area (Å²) in [6.45, 7) is 3.72. The van der Waals surface area contributed by atoms with Crippen molar-refractivity contribution in [3.8, 4) is 5.88 Å². The monoisotopic (exact) mass is 482 g/mol. The fourth-order valence-electron chi connectivity index (χ4n) is 4.56. The minimum absolute atomic E-state index is 0.0677. The largest absolute Gasteiger partial charge is 0.472 e. The molecule has 33 heavy (non-hydrogen) atoms. The van der Waals surface area contributed by atoms with Crippen molar-refractivity contribution in [3.63, 3.8) is 0 Å². The van der Waals surface area contributed by atoms with Gasteiger partial charge in [0.25, 0.3) is 0 Å². The Labute approximate surface area is 190 Å². The van der Waals surface area contributed by atoms with E-state index in [0.29, 0.717) is 31.5 Å². The lowest BCUT2D eigenvalue weighted by Gasteiger charge is -2.36. The second-order valence-corrected chi connectivity index (χ2v) is 11.3. The molecule has 0 unspecified atom stereocenters. The van der Waals surface area contributed by atoms with Gasteiger partial charge >= 0.3 is 6.18 Å². The van der Waals surface area contributed by atoms with Gasteiger partial charge in [-0.2, -0.15) is 17.5 Å². The Kier molecular flexibility index (Phi) is 5.41. The molecule has 1 aliphatic carbocycles. The molecule has 0 spiro atoms. The van der Waals surface area contributed by atoms with Crippen molar-refractivity contribution >= 4 is 10.0 Å². The van der Waals surface area contributed by atoms with Crippen molar-refractivity contribution in [1.82, 2.24) is 19.2 Å². The van der Waals surface area contributed by atoms with Gasteiger partial charge in [0.1, 0.15) is 6.10 Å². The van der Waals surface area contributed by atoms with Crippen LogP contribution in [-0.4, -0.2) is 65.9 Å². The van der Waals surface area contributed by atoms with Crippen LogP contribution < -0.4 is 4.74 Å². The van der Waals surface area contributed by atoms with Crippen molar-refractivity contribution in [2.24, 2.45) is 0 Å². The van der Waals surface area contributed by atoms with Gasteiger partial charge in [0.2, 0.25) is 15.9 Å². The zero-order valence-electron chi connectivity index (χ0n) is 18.1. The minimum Gasteiger partial charge on any atom is -0.472 e. The molecular weight excluding hydrogens is 457 g/mol. The summed E-state index contributed by atoms with van der Waals surface area (Å²) in [5.41, 5.74) is 0.127. The van der Waals surface area contributed by atoms with E-state index in [1.54, 1.807) is 12.4 Å². The van der Waals surface area contributed by atoms with Crippen LogP contribution in [0, 0.1) is 0 Å². The number of aromatic nitrogens is 2. The Balaban J connectivity index is 1.24. The van der Waals surface area contributed by atoms with Crippen molar-refractivity contribution in [3.05, 3.63) is 47.9 Å². The molecule has 11 heteroatoms. The summed E-state index contributed by atoms with van der Waals surface area (Å²) in [6, 6.07) is 3.84. The number of rotatable bonds is 5. The van der Waals surface area contributed by atoms with Gasteiger partial charge in [-0.1, -0.05) is 13.0 Å². The molecule has 3 aliphatic rings. The third-order valence-electron chi connectivity index (χ3n) is 6.87. The second kappa shape index (κ2) is 7.92. The van der Waals surface area contributed by atoms with Crippen LogP contribution in [0.4, 0.5) is 13.2 Å². The third-order valence-corrected chi connectivity index (χ3v) is 8.73. The van der Waals surface area contributed by atoms with Crippen LogP contribution >= 0.6 is 0 Å². The Bertz CT molecular complexity index is 1140. The first-order chi connectivity index (χ1) is 15.5. The number of alkyl halides is 3. The molecule has 3 heterocycles. The molecule has 0 amide bonds.